The molecule has 0 bridgehead atoms. The Kier molecular flexibility index (Phi) is 9.11. The molecule has 4 heteroatoms. The Morgan fingerprint density at radius 1 is 0.871 bits per heavy atom. The zero-order valence-electron chi connectivity index (χ0n) is 18.7. The molecule has 2 aromatic carbocycles. The number of aliphatic hydroxyl groups excluding tert-OH is 1. The van der Waals surface area contributed by atoms with E-state index < -0.39 is 5.41 Å². The molecule has 2 aromatic rings. The quantitative estimate of drug-likeness (QED) is 0.467. The summed E-state index contributed by atoms with van der Waals surface area (Å²) in [7, 11) is 0. The van der Waals surface area contributed by atoms with E-state index in [9.17, 15) is 4.79 Å². The lowest BCUT2D eigenvalue weighted by Crippen LogP contribution is -2.49. The minimum atomic E-state index is -0.788. The van der Waals surface area contributed by atoms with Crippen LogP contribution in [0.3, 0.4) is 0 Å². The van der Waals surface area contributed by atoms with Gasteiger partial charge in [-0.15, -0.1) is 0 Å². The molecule has 31 heavy (non-hydrogen) atoms. The maximum atomic E-state index is 13.1. The predicted molar refractivity (Wildman–Crippen MR) is 127 cm³/mol. The zero-order valence-corrected chi connectivity index (χ0v) is 18.7. The van der Waals surface area contributed by atoms with E-state index in [1.165, 1.54) is 32.1 Å². The molecule has 0 aromatic heterocycles. The van der Waals surface area contributed by atoms with Gasteiger partial charge in [-0.1, -0.05) is 92.8 Å². The van der Waals surface area contributed by atoms with Gasteiger partial charge in [-0.3, -0.25) is 4.79 Å². The van der Waals surface area contributed by atoms with E-state index in [1.807, 2.05) is 36.4 Å². The second-order valence-corrected chi connectivity index (χ2v) is 8.89. The van der Waals surface area contributed by atoms with Crippen LogP contribution in [0.15, 0.2) is 60.7 Å². The van der Waals surface area contributed by atoms with Crippen LogP contribution in [-0.4, -0.2) is 42.2 Å². The highest BCUT2D eigenvalue weighted by molar-refractivity contribution is 5.91. The summed E-state index contributed by atoms with van der Waals surface area (Å²) >= 11 is 0. The normalized spacial score (nSPS) is 17.1. The van der Waals surface area contributed by atoms with Gasteiger partial charge in [0.05, 0.1) is 0 Å². The van der Waals surface area contributed by atoms with Gasteiger partial charge in [-0.05, 0) is 49.4 Å². The van der Waals surface area contributed by atoms with Gasteiger partial charge >= 0.3 is 0 Å². The third kappa shape index (κ3) is 5.75. The first kappa shape index (κ1) is 23.5. The Hall–Kier alpha value is -2.17. The van der Waals surface area contributed by atoms with Gasteiger partial charge in [-0.2, -0.15) is 0 Å². The number of aliphatic hydroxyl groups is 1. The van der Waals surface area contributed by atoms with E-state index in [4.69, 9.17) is 10.8 Å². The number of nitrogens with two attached hydrogens (primary N) is 1. The van der Waals surface area contributed by atoms with E-state index in [0.717, 1.165) is 50.0 Å². The first-order chi connectivity index (χ1) is 15.2. The molecule has 1 fully saturated rings. The summed E-state index contributed by atoms with van der Waals surface area (Å²) in [4.78, 5) is 15.6. The molecule has 1 saturated heterocycles. The van der Waals surface area contributed by atoms with Crippen molar-refractivity contribution in [1.29, 1.82) is 0 Å². The molecular weight excluding hydrogens is 384 g/mol. The molecule has 3 rings (SSSR count). The summed E-state index contributed by atoms with van der Waals surface area (Å²) in [5.74, 6) is -0.0760. The van der Waals surface area contributed by atoms with Gasteiger partial charge in [0.2, 0.25) is 5.91 Å². The van der Waals surface area contributed by atoms with Gasteiger partial charge in [-0.25, -0.2) is 0 Å². The molecule has 1 heterocycles. The van der Waals surface area contributed by atoms with Crippen molar-refractivity contribution in [3.8, 4) is 0 Å². The number of likely N-dealkylation sites (tertiary alicyclic amines) is 1. The lowest BCUT2D eigenvalue weighted by Gasteiger charge is -2.37. The van der Waals surface area contributed by atoms with Gasteiger partial charge < -0.3 is 15.7 Å². The second-order valence-electron chi connectivity index (χ2n) is 8.89. The lowest BCUT2D eigenvalue weighted by molar-refractivity contribution is -0.123. The molecule has 0 aliphatic carbocycles. The molecule has 1 amide bonds. The standard InChI is InChI=1S/C27H38N2O2/c28-26(31)27(23-14-8-6-9-15-23,24-16-10-7-11-17-24)25-18-20-29(22-25)19-12-4-2-1-3-5-13-21-30/h6-11,14-17,25,30H,1-5,12-13,18-22H2,(H2,28,31). The highest BCUT2D eigenvalue weighted by atomic mass is 16.2. The van der Waals surface area contributed by atoms with Crippen molar-refractivity contribution in [3.63, 3.8) is 0 Å². The van der Waals surface area contributed by atoms with Crippen LogP contribution < -0.4 is 5.73 Å². The van der Waals surface area contributed by atoms with Crippen molar-refractivity contribution in [1.82, 2.24) is 4.90 Å². The van der Waals surface area contributed by atoms with E-state index in [1.54, 1.807) is 0 Å². The van der Waals surface area contributed by atoms with Crippen LogP contribution in [-0.2, 0) is 10.2 Å². The third-order valence-corrected chi connectivity index (χ3v) is 6.86. The van der Waals surface area contributed by atoms with Crippen LogP contribution in [0, 0.1) is 5.92 Å². The topological polar surface area (TPSA) is 66.6 Å². The first-order valence-corrected chi connectivity index (χ1v) is 11.9. The van der Waals surface area contributed by atoms with E-state index in [-0.39, 0.29) is 11.8 Å². The Bertz CT molecular complexity index is 739. The first-order valence-electron chi connectivity index (χ1n) is 11.9. The fourth-order valence-electron chi connectivity index (χ4n) is 5.25. The lowest BCUT2D eigenvalue weighted by atomic mass is 9.64. The molecule has 0 radical (unpaired) electrons. The van der Waals surface area contributed by atoms with Crippen LogP contribution in [0.4, 0.5) is 0 Å². The minimum Gasteiger partial charge on any atom is -0.396 e. The highest BCUT2D eigenvalue weighted by Crippen LogP contribution is 2.43. The Labute approximate surface area is 187 Å². The maximum absolute atomic E-state index is 13.1. The zero-order chi connectivity index (χ0) is 21.9. The SMILES string of the molecule is NC(=O)C(c1ccccc1)(c1ccccc1)C1CCN(CCCCCCCCCO)C1. The van der Waals surface area contributed by atoms with E-state index in [0.29, 0.717) is 6.61 Å². The maximum Gasteiger partial charge on any atom is 0.232 e. The number of carbonyl (C=O) groups is 1. The van der Waals surface area contributed by atoms with Crippen molar-refractivity contribution < 1.29 is 9.90 Å². The molecule has 4 nitrogen and oxygen atoms in total. The summed E-state index contributed by atoms with van der Waals surface area (Å²) in [6, 6.07) is 20.2. The number of benzene rings is 2. The summed E-state index contributed by atoms with van der Waals surface area (Å²) in [6.45, 7) is 3.33. The molecule has 1 unspecified atom stereocenters. The fourth-order valence-corrected chi connectivity index (χ4v) is 5.25. The number of unbranched alkanes of at least 4 members (excludes halogenated alkanes) is 6. The van der Waals surface area contributed by atoms with Crippen LogP contribution in [0.2, 0.25) is 0 Å². The molecule has 0 saturated carbocycles. The number of amides is 1. The largest absolute Gasteiger partial charge is 0.396 e. The molecule has 1 aliphatic rings. The Morgan fingerprint density at radius 2 is 1.39 bits per heavy atom. The summed E-state index contributed by atoms with van der Waals surface area (Å²) in [5, 5.41) is 8.85. The van der Waals surface area contributed by atoms with Crippen LogP contribution >= 0.6 is 0 Å². The number of primary amides is 1. The van der Waals surface area contributed by atoms with Crippen LogP contribution in [0.1, 0.15) is 62.5 Å². The number of rotatable bonds is 13. The average molecular weight is 423 g/mol. The summed E-state index contributed by atoms with van der Waals surface area (Å²) in [5.41, 5.74) is 7.40. The number of nitrogens with zero attached hydrogens (tertiary/aromatic N) is 1. The number of hydrogen-bond acceptors (Lipinski definition) is 3. The fraction of sp³-hybridized carbons (Fsp3) is 0.519. The summed E-state index contributed by atoms with van der Waals surface area (Å²) < 4.78 is 0. The smallest absolute Gasteiger partial charge is 0.232 e. The van der Waals surface area contributed by atoms with Crippen molar-refractivity contribution >= 4 is 5.91 Å². The van der Waals surface area contributed by atoms with Gasteiger partial charge in [0, 0.05) is 13.2 Å². The Balaban J connectivity index is 1.65. The van der Waals surface area contributed by atoms with E-state index in [2.05, 4.69) is 29.2 Å². The monoisotopic (exact) mass is 422 g/mol. The van der Waals surface area contributed by atoms with Gasteiger partial charge in [0.25, 0.3) is 0 Å². The van der Waals surface area contributed by atoms with Gasteiger partial charge in [0.15, 0.2) is 0 Å². The van der Waals surface area contributed by atoms with Crippen molar-refractivity contribution in [2.75, 3.05) is 26.2 Å². The third-order valence-electron chi connectivity index (χ3n) is 6.86. The van der Waals surface area contributed by atoms with Crippen LogP contribution in [0.5, 0.6) is 0 Å². The summed E-state index contributed by atoms with van der Waals surface area (Å²) in [6.07, 6.45) is 9.25. The Morgan fingerprint density at radius 3 is 1.90 bits per heavy atom. The molecule has 168 valence electrons. The molecular formula is C27H38N2O2. The second kappa shape index (κ2) is 12.0. The minimum absolute atomic E-state index is 0.174. The van der Waals surface area contributed by atoms with Crippen molar-refractivity contribution in [2.45, 2.75) is 56.8 Å². The van der Waals surface area contributed by atoms with Crippen molar-refractivity contribution in [3.05, 3.63) is 71.8 Å². The molecule has 0 spiro atoms. The number of hydrogen-bond donors (Lipinski definition) is 2. The van der Waals surface area contributed by atoms with Gasteiger partial charge in [0.1, 0.15) is 5.41 Å². The number of carbonyl (C=O) groups excluding carboxylic acids is 1. The van der Waals surface area contributed by atoms with Crippen LogP contribution in [0.25, 0.3) is 0 Å². The van der Waals surface area contributed by atoms with E-state index >= 15 is 0 Å². The molecule has 3 N–H and O–H groups in total. The molecule has 1 aliphatic heterocycles. The average Bonchev–Trinajstić information content (AvgIpc) is 3.26. The van der Waals surface area contributed by atoms with Crippen molar-refractivity contribution in [2.24, 2.45) is 11.7 Å². The highest BCUT2D eigenvalue weighted by Gasteiger charge is 2.49. The molecule has 1 atom stereocenters. The predicted octanol–water partition coefficient (Wildman–Crippen LogP) is 4.50.